The van der Waals surface area contributed by atoms with Crippen molar-refractivity contribution in [3.8, 4) is 0 Å². The van der Waals surface area contributed by atoms with E-state index in [-0.39, 0.29) is 31.4 Å². The summed E-state index contributed by atoms with van der Waals surface area (Å²) >= 11 is 0. The van der Waals surface area contributed by atoms with Crippen LogP contribution in [0, 0.1) is 0 Å². The number of ether oxygens (including phenoxy) is 7. The number of aliphatic hydroxyl groups excluding tert-OH is 5. The lowest BCUT2D eigenvalue weighted by Gasteiger charge is -2.47. The minimum absolute atomic E-state index is 0.0418. The first-order valence-corrected chi connectivity index (χ1v) is 45.5. The van der Waals surface area contributed by atoms with E-state index in [0.29, 0.717) is 51.4 Å². The fourth-order valence-electron chi connectivity index (χ4n) is 14.0. The molecule has 109 heavy (non-hydrogen) atoms. The average Bonchev–Trinajstić information content (AvgIpc) is 0.781. The monoisotopic (exact) mass is 1600 g/mol. The molecule has 0 aliphatic carbocycles. The van der Waals surface area contributed by atoms with E-state index in [1.54, 1.807) is 0 Å². The number of carbonyl (C=O) groups excluding carboxylic acids is 5. The lowest BCUT2D eigenvalue weighted by molar-refractivity contribution is -0.296. The number of phosphoric acid groups is 2. The first-order valence-electron chi connectivity index (χ1n) is 42.5. The Kier molecular flexibility index (Phi) is 58.1. The van der Waals surface area contributed by atoms with Gasteiger partial charge in [0.15, 0.2) is 24.8 Å². The van der Waals surface area contributed by atoms with E-state index in [9.17, 15) is 78.2 Å². The first kappa shape index (κ1) is 102. The molecule has 2 rings (SSSR count). The quantitative estimate of drug-likeness (QED) is 0.00885. The molecule has 0 spiro atoms. The zero-order chi connectivity index (χ0) is 80.7. The molecule has 0 saturated carbocycles. The zero-order valence-corrected chi connectivity index (χ0v) is 69.4. The molecule has 2 aliphatic heterocycles. The Hall–Kier alpha value is -3.21. The summed E-state index contributed by atoms with van der Waals surface area (Å²) < 4.78 is 79.2. The summed E-state index contributed by atoms with van der Waals surface area (Å²) in [5, 5.41) is 62.4. The average molecular weight is 1600 g/mol. The lowest BCUT2D eigenvalue weighted by atomic mass is 9.95. The molecule has 15 atom stereocenters. The molecule has 2 fully saturated rings. The summed E-state index contributed by atoms with van der Waals surface area (Å²) in [4.78, 5) is 113. The van der Waals surface area contributed by atoms with E-state index < -0.39 is 176 Å². The summed E-state index contributed by atoms with van der Waals surface area (Å²) in [5.41, 5.74) is 0. The third-order valence-corrected chi connectivity index (χ3v) is 21.3. The number of carbonyl (C=O) groups is 5. The summed E-state index contributed by atoms with van der Waals surface area (Å²) in [5.74, 6) is -4.48. The van der Waals surface area contributed by atoms with Gasteiger partial charge in [0.05, 0.1) is 51.1 Å². The largest absolute Gasteiger partial charge is 0.492 e. The van der Waals surface area contributed by atoms with Gasteiger partial charge >= 0.3 is 33.6 Å². The highest BCUT2D eigenvalue weighted by Crippen LogP contribution is 2.44. The van der Waals surface area contributed by atoms with Crippen molar-refractivity contribution >= 4 is 45.4 Å². The van der Waals surface area contributed by atoms with E-state index in [4.69, 9.17) is 42.2 Å². The molecule has 2 saturated heterocycles. The third kappa shape index (κ3) is 49.3. The number of aliphatic hydroxyl groups is 5. The van der Waals surface area contributed by atoms with Crippen molar-refractivity contribution in [2.24, 2.45) is 0 Å². The van der Waals surface area contributed by atoms with Crippen LogP contribution in [0.5, 0.6) is 0 Å². The second-order valence-corrected chi connectivity index (χ2v) is 32.9. The summed E-state index contributed by atoms with van der Waals surface area (Å²) in [6, 6.07) is -3.85. The summed E-state index contributed by atoms with van der Waals surface area (Å²) in [7, 11) is -11.3. The highest BCUT2D eigenvalue weighted by molar-refractivity contribution is 7.46. The molecule has 29 heteroatoms. The maximum atomic E-state index is 14.8. The summed E-state index contributed by atoms with van der Waals surface area (Å²) in [6.07, 6.45) is 14.4. The molecule has 11 N–H and O–H groups in total. The molecule has 0 radical (unpaired) electrons. The van der Waals surface area contributed by atoms with Crippen LogP contribution in [-0.2, 0) is 75.3 Å². The molecule has 2 amide bonds. The van der Waals surface area contributed by atoms with Gasteiger partial charge in [0.2, 0.25) is 11.8 Å². The Bertz CT molecular complexity index is 2480. The van der Waals surface area contributed by atoms with Crippen LogP contribution in [0.25, 0.3) is 0 Å². The van der Waals surface area contributed by atoms with Gasteiger partial charge in [0, 0.05) is 6.42 Å². The molecule has 0 bridgehead atoms. The van der Waals surface area contributed by atoms with Crippen LogP contribution < -0.4 is 10.6 Å². The Morgan fingerprint density at radius 1 is 0.413 bits per heavy atom. The van der Waals surface area contributed by atoms with Gasteiger partial charge in [-0.05, 0) is 51.4 Å². The molecule has 10 unspecified atom stereocenters. The van der Waals surface area contributed by atoms with Gasteiger partial charge in [-0.3, -0.25) is 33.0 Å². The van der Waals surface area contributed by atoms with E-state index in [2.05, 4.69) is 51.8 Å². The number of phosphoric ester groups is 2. The van der Waals surface area contributed by atoms with Crippen LogP contribution in [0.15, 0.2) is 12.3 Å². The van der Waals surface area contributed by atoms with Crippen LogP contribution >= 0.6 is 15.6 Å². The van der Waals surface area contributed by atoms with Gasteiger partial charge < -0.3 is 88.9 Å². The van der Waals surface area contributed by atoms with Gasteiger partial charge in [-0.2, -0.15) is 0 Å². The van der Waals surface area contributed by atoms with Gasteiger partial charge in [0.1, 0.15) is 60.6 Å². The normalized spacial score (nSPS) is 21.8. The number of nitrogens with one attached hydrogen (secondary N) is 2. The van der Waals surface area contributed by atoms with E-state index >= 15 is 0 Å². The fourth-order valence-corrected chi connectivity index (χ4v) is 15.1. The van der Waals surface area contributed by atoms with Crippen LogP contribution in [0.3, 0.4) is 0 Å². The molecule has 27 nitrogen and oxygen atoms in total. The van der Waals surface area contributed by atoms with Crippen molar-refractivity contribution < 1.29 is 120 Å². The van der Waals surface area contributed by atoms with Crippen molar-refractivity contribution in [3.05, 3.63) is 12.3 Å². The molecule has 0 aromatic carbocycles. The van der Waals surface area contributed by atoms with E-state index in [1.807, 2.05) is 6.92 Å². The first-order chi connectivity index (χ1) is 52.2. The number of esters is 3. The highest BCUT2D eigenvalue weighted by Gasteiger charge is 2.55. The Balaban J connectivity index is 2.81. The van der Waals surface area contributed by atoms with E-state index in [0.717, 1.165) is 205 Å². The van der Waals surface area contributed by atoms with Crippen LogP contribution in [0.2, 0.25) is 0 Å². The number of amides is 2. The van der Waals surface area contributed by atoms with Crippen LogP contribution in [0.4, 0.5) is 0 Å². The SMILES string of the molecule is C=C(O[C@@H](CCCCCCCCC)CC(=O)NC1C(OP(=O)(O)O)OC(COC2OC(CO)C(OP(=O)(O)O)C(OC(=O)C[C@@H](O)CCCCCCC)C2NC(=O)C[C@H](CCCCCCCCC)OC(=O)CCCCCCCCCC)C(O)C1OC(=O)C[C@@H](O)CCCCCCC)[C@H](O)CCCCCCCCCC. The number of unbranched alkanes of at least 4 members (excludes halogenated alkanes) is 34. The van der Waals surface area contributed by atoms with Gasteiger partial charge in [-0.25, -0.2) is 9.13 Å². The Morgan fingerprint density at radius 3 is 1.17 bits per heavy atom. The minimum atomic E-state index is -5.69. The topological polar surface area (TPSA) is 409 Å². The van der Waals surface area contributed by atoms with Crippen molar-refractivity contribution in [2.75, 3.05) is 13.2 Å². The highest BCUT2D eigenvalue weighted by atomic mass is 31.2. The predicted molar refractivity (Wildman–Crippen MR) is 417 cm³/mol. The zero-order valence-electron chi connectivity index (χ0n) is 67.6. The molecular weight excluding hydrogens is 1450 g/mol. The molecule has 0 aromatic rings. The second-order valence-electron chi connectivity index (χ2n) is 30.5. The number of hydrogen-bond acceptors (Lipinski definition) is 21. The smallest absolute Gasteiger partial charge is 0.472 e. The van der Waals surface area contributed by atoms with Crippen LogP contribution in [0.1, 0.15) is 363 Å². The van der Waals surface area contributed by atoms with Crippen LogP contribution in [-0.4, -0.2) is 180 Å². The fraction of sp³-hybridized carbons (Fsp3) is 0.912. The van der Waals surface area contributed by atoms with Gasteiger partial charge in [-0.1, -0.05) is 286 Å². The molecule has 0 aromatic heterocycles. The second kappa shape index (κ2) is 62.1. The van der Waals surface area contributed by atoms with Crippen molar-refractivity contribution in [1.29, 1.82) is 0 Å². The third-order valence-electron chi connectivity index (χ3n) is 20.3. The molecular formula is C80H150N2O25P2. The minimum Gasteiger partial charge on any atom is -0.492 e. The van der Waals surface area contributed by atoms with Crippen molar-refractivity contribution in [2.45, 2.75) is 454 Å². The number of hydrogen-bond donors (Lipinski definition) is 11. The molecule has 2 heterocycles. The predicted octanol–water partition coefficient (Wildman–Crippen LogP) is 14.7. The van der Waals surface area contributed by atoms with Crippen molar-refractivity contribution in [1.82, 2.24) is 10.6 Å². The molecule has 2 aliphatic rings. The number of rotatable bonds is 70. The maximum Gasteiger partial charge on any atom is 0.472 e. The lowest BCUT2D eigenvalue weighted by Crippen LogP contribution is -2.68. The summed E-state index contributed by atoms with van der Waals surface area (Å²) in [6.45, 7) is 14.6. The van der Waals surface area contributed by atoms with Crippen molar-refractivity contribution in [3.63, 3.8) is 0 Å². The Labute approximate surface area is 653 Å². The Morgan fingerprint density at radius 2 is 0.761 bits per heavy atom. The van der Waals surface area contributed by atoms with Gasteiger partial charge in [0.25, 0.3) is 0 Å². The van der Waals surface area contributed by atoms with E-state index in [1.165, 1.54) is 12.8 Å². The maximum absolute atomic E-state index is 14.8. The standard InChI is InChI=1S/C80H150N2O25P2/c1-8-14-20-26-30-34-40-46-52-65(86)60(7)100-63(50-44-38-32-28-22-16-10-3)56-68(87)81-73-77(104-71(90)54-61(84)48-42-36-24-18-12-5)75(92)67(103-80(73)107-109(96,97)98)59-99-79-74(78(76(66(58-83)102-79)106-108(93,94)95)105-72(91)55-62(85)49-43-37-25-19-13-6)82-69(88)57-64(51-45-39-33-29-23-17-11-4)101-70(89)53-47-41-35-31-27-21-15-9-2/h61-67,73-80,83-86,92H,7-59H2,1-6H3,(H,81,87)(H,82,88)(H2,93,94,95)(H2,96,97,98)/t61-,62-,63-,64-,65+,66?,67?,73?,74?,75?,76?,77?,78?,79?,80?/m0/s1. The molecule has 640 valence electrons. The van der Waals surface area contributed by atoms with Gasteiger partial charge in [-0.15, -0.1) is 0 Å².